The first-order valence-electron chi connectivity index (χ1n) is 7.80. The third-order valence-corrected chi connectivity index (χ3v) is 5.63. The van der Waals surface area contributed by atoms with Gasteiger partial charge in [-0.1, -0.05) is 60.5 Å². The van der Waals surface area contributed by atoms with E-state index in [0.29, 0.717) is 6.04 Å². The number of benzene rings is 2. The lowest BCUT2D eigenvalue weighted by atomic mass is 9.77. The molecule has 1 heterocycles. The minimum absolute atomic E-state index is 0.143. The fourth-order valence-electron chi connectivity index (χ4n) is 4.60. The van der Waals surface area contributed by atoms with Crippen molar-refractivity contribution in [1.29, 1.82) is 0 Å². The van der Waals surface area contributed by atoms with Crippen LogP contribution in [0.3, 0.4) is 0 Å². The molecule has 2 aliphatic rings. The highest BCUT2D eigenvalue weighted by Gasteiger charge is 2.52. The van der Waals surface area contributed by atoms with E-state index in [-0.39, 0.29) is 5.41 Å². The molecule has 0 saturated heterocycles. The Morgan fingerprint density at radius 2 is 1.86 bits per heavy atom. The number of hydrogen-bond donors (Lipinski definition) is 0. The molecule has 0 bridgehead atoms. The van der Waals surface area contributed by atoms with Crippen LogP contribution in [0.4, 0.5) is 5.69 Å². The molecule has 4 rings (SSSR count). The SMILES string of the molecule is CC1=C(c2ccccc2)[C@@H]2N(C)c3cc(Cl)ccc3[C@]2(C)C1. The monoisotopic (exact) mass is 309 g/mol. The Balaban J connectivity index is 1.89. The molecule has 0 spiro atoms. The summed E-state index contributed by atoms with van der Waals surface area (Å²) in [5.74, 6) is 0. The molecule has 0 N–H and O–H groups in total. The number of hydrogen-bond acceptors (Lipinski definition) is 1. The van der Waals surface area contributed by atoms with Crippen LogP contribution in [-0.2, 0) is 5.41 Å². The highest BCUT2D eigenvalue weighted by Crippen LogP contribution is 2.57. The summed E-state index contributed by atoms with van der Waals surface area (Å²) in [7, 11) is 2.20. The Bertz CT molecular complexity index is 778. The van der Waals surface area contributed by atoms with E-state index in [2.05, 4.69) is 68.3 Å². The van der Waals surface area contributed by atoms with Crippen LogP contribution in [0.15, 0.2) is 54.1 Å². The first kappa shape index (κ1) is 13.9. The van der Waals surface area contributed by atoms with Gasteiger partial charge in [-0.15, -0.1) is 0 Å². The van der Waals surface area contributed by atoms with Crippen molar-refractivity contribution in [2.24, 2.45) is 0 Å². The van der Waals surface area contributed by atoms with E-state index in [9.17, 15) is 0 Å². The number of fused-ring (bicyclic) bond motifs is 3. The van der Waals surface area contributed by atoms with Gasteiger partial charge < -0.3 is 4.90 Å². The van der Waals surface area contributed by atoms with Crippen molar-refractivity contribution in [3.63, 3.8) is 0 Å². The zero-order chi connectivity index (χ0) is 15.5. The van der Waals surface area contributed by atoms with Gasteiger partial charge in [0.15, 0.2) is 0 Å². The standard InChI is InChI=1S/C20H20ClN/c1-13-12-20(2)16-10-9-15(21)11-17(16)22(3)19(20)18(13)14-7-5-4-6-8-14/h4-11,19H,12H2,1-3H3/t19-,20-/m0/s1. The summed E-state index contributed by atoms with van der Waals surface area (Å²) in [6.07, 6.45) is 1.11. The summed E-state index contributed by atoms with van der Waals surface area (Å²) in [5.41, 5.74) is 7.18. The van der Waals surface area contributed by atoms with E-state index in [1.807, 2.05) is 6.07 Å². The Hall–Kier alpha value is -1.73. The molecule has 0 radical (unpaired) electrons. The first-order chi connectivity index (χ1) is 10.5. The maximum absolute atomic E-state index is 6.23. The van der Waals surface area contributed by atoms with Crippen molar-refractivity contribution in [2.45, 2.75) is 31.7 Å². The van der Waals surface area contributed by atoms with Gasteiger partial charge in [0.1, 0.15) is 0 Å². The lowest BCUT2D eigenvalue weighted by Crippen LogP contribution is -2.38. The fourth-order valence-corrected chi connectivity index (χ4v) is 4.77. The van der Waals surface area contributed by atoms with Gasteiger partial charge in [-0.3, -0.25) is 0 Å². The molecule has 2 aromatic carbocycles. The van der Waals surface area contributed by atoms with E-state index in [1.165, 1.54) is 28.0 Å². The van der Waals surface area contributed by atoms with Gasteiger partial charge in [0.05, 0.1) is 6.04 Å². The average Bonchev–Trinajstić information content (AvgIpc) is 2.88. The van der Waals surface area contributed by atoms with Gasteiger partial charge in [-0.2, -0.15) is 0 Å². The molecule has 0 fully saturated rings. The van der Waals surface area contributed by atoms with Gasteiger partial charge >= 0.3 is 0 Å². The molecule has 2 heteroatoms. The number of nitrogens with zero attached hydrogens (tertiary/aromatic N) is 1. The Labute approximate surface area is 137 Å². The molecule has 0 saturated carbocycles. The van der Waals surface area contributed by atoms with E-state index >= 15 is 0 Å². The third-order valence-electron chi connectivity index (χ3n) is 5.40. The Morgan fingerprint density at radius 1 is 1.14 bits per heavy atom. The van der Waals surface area contributed by atoms with Crippen molar-refractivity contribution < 1.29 is 0 Å². The van der Waals surface area contributed by atoms with Crippen LogP contribution in [0, 0.1) is 0 Å². The number of allylic oxidation sites excluding steroid dienone is 1. The predicted octanol–water partition coefficient (Wildman–Crippen LogP) is 5.29. The van der Waals surface area contributed by atoms with E-state index in [0.717, 1.165) is 11.4 Å². The lowest BCUT2D eigenvalue weighted by Gasteiger charge is -2.31. The summed E-state index contributed by atoms with van der Waals surface area (Å²) < 4.78 is 0. The molecule has 112 valence electrons. The third kappa shape index (κ3) is 1.72. The van der Waals surface area contributed by atoms with Crippen molar-refractivity contribution in [1.82, 2.24) is 0 Å². The number of anilines is 1. The average molecular weight is 310 g/mol. The zero-order valence-corrected chi connectivity index (χ0v) is 14.0. The molecule has 2 atom stereocenters. The van der Waals surface area contributed by atoms with E-state index in [1.54, 1.807) is 0 Å². The summed E-state index contributed by atoms with van der Waals surface area (Å²) in [6.45, 7) is 4.68. The molecule has 1 nitrogen and oxygen atoms in total. The smallest absolute Gasteiger partial charge is 0.0642 e. The molecule has 1 aliphatic heterocycles. The Morgan fingerprint density at radius 3 is 2.59 bits per heavy atom. The fraction of sp³-hybridized carbons (Fsp3) is 0.300. The van der Waals surface area contributed by atoms with E-state index in [4.69, 9.17) is 11.6 Å². The van der Waals surface area contributed by atoms with Gasteiger partial charge in [0.25, 0.3) is 0 Å². The second-order valence-corrected chi connectivity index (χ2v) is 7.27. The molecule has 0 unspecified atom stereocenters. The topological polar surface area (TPSA) is 3.24 Å². The van der Waals surface area contributed by atoms with Crippen molar-refractivity contribution in [2.75, 3.05) is 11.9 Å². The minimum Gasteiger partial charge on any atom is -0.366 e. The number of halogens is 1. The molecular weight excluding hydrogens is 290 g/mol. The normalized spacial score (nSPS) is 26.4. The van der Waals surface area contributed by atoms with Crippen LogP contribution >= 0.6 is 11.6 Å². The second kappa shape index (κ2) is 4.63. The van der Waals surface area contributed by atoms with Crippen LogP contribution in [-0.4, -0.2) is 13.1 Å². The molecule has 0 amide bonds. The van der Waals surface area contributed by atoms with Crippen LogP contribution in [0.2, 0.25) is 5.02 Å². The largest absolute Gasteiger partial charge is 0.366 e. The number of likely N-dealkylation sites (N-methyl/N-ethyl adjacent to an activating group) is 1. The van der Waals surface area contributed by atoms with Crippen LogP contribution < -0.4 is 4.90 Å². The van der Waals surface area contributed by atoms with Crippen LogP contribution in [0.25, 0.3) is 5.57 Å². The van der Waals surface area contributed by atoms with Crippen molar-refractivity contribution in [3.8, 4) is 0 Å². The highest BCUT2D eigenvalue weighted by atomic mass is 35.5. The second-order valence-electron chi connectivity index (χ2n) is 6.83. The summed E-state index contributed by atoms with van der Waals surface area (Å²) >= 11 is 6.23. The quantitative estimate of drug-likeness (QED) is 0.691. The Kier molecular flexibility index (Phi) is 2.93. The zero-order valence-electron chi connectivity index (χ0n) is 13.2. The van der Waals surface area contributed by atoms with Gasteiger partial charge in [0, 0.05) is 23.2 Å². The predicted molar refractivity (Wildman–Crippen MR) is 94.6 cm³/mol. The maximum Gasteiger partial charge on any atom is 0.0642 e. The molecule has 0 aromatic heterocycles. The van der Waals surface area contributed by atoms with Gasteiger partial charge in [-0.25, -0.2) is 0 Å². The number of rotatable bonds is 1. The first-order valence-corrected chi connectivity index (χ1v) is 8.18. The highest BCUT2D eigenvalue weighted by molar-refractivity contribution is 6.31. The summed E-state index contributed by atoms with van der Waals surface area (Å²) in [4.78, 5) is 2.42. The van der Waals surface area contributed by atoms with Crippen LogP contribution in [0.5, 0.6) is 0 Å². The maximum atomic E-state index is 6.23. The molecule has 1 aliphatic carbocycles. The molecule has 22 heavy (non-hydrogen) atoms. The van der Waals surface area contributed by atoms with Crippen LogP contribution in [0.1, 0.15) is 31.4 Å². The van der Waals surface area contributed by atoms with Gasteiger partial charge in [0.2, 0.25) is 0 Å². The van der Waals surface area contributed by atoms with E-state index < -0.39 is 0 Å². The van der Waals surface area contributed by atoms with Crippen molar-refractivity contribution in [3.05, 3.63) is 70.3 Å². The summed E-state index contributed by atoms with van der Waals surface area (Å²) in [6, 6.07) is 17.5. The lowest BCUT2D eigenvalue weighted by molar-refractivity contribution is 0.474. The van der Waals surface area contributed by atoms with Crippen molar-refractivity contribution >= 4 is 22.9 Å². The molecule has 2 aromatic rings. The minimum atomic E-state index is 0.143. The van der Waals surface area contributed by atoms with Gasteiger partial charge in [-0.05, 0) is 42.2 Å². The molecular formula is C20H20ClN. The summed E-state index contributed by atoms with van der Waals surface area (Å²) in [5, 5.41) is 0.816.